The van der Waals surface area contributed by atoms with E-state index in [9.17, 15) is 14.4 Å². The van der Waals surface area contributed by atoms with Gasteiger partial charge in [0.05, 0.1) is 18.4 Å². The van der Waals surface area contributed by atoms with Crippen molar-refractivity contribution >= 4 is 34.2 Å². The van der Waals surface area contributed by atoms with Crippen molar-refractivity contribution in [2.45, 2.75) is 26.7 Å². The molecule has 0 aliphatic carbocycles. The Labute approximate surface area is 142 Å². The third-order valence-corrected chi connectivity index (χ3v) is 3.60. The molecule has 0 radical (unpaired) electrons. The summed E-state index contributed by atoms with van der Waals surface area (Å²) in [6.07, 6.45) is 1.73. The number of nitrogens with zero attached hydrogens (tertiary/aromatic N) is 1. The second-order valence-electron chi connectivity index (χ2n) is 5.45. The quantitative estimate of drug-likeness (QED) is 0.687. The molecule has 0 spiro atoms. The van der Waals surface area contributed by atoms with E-state index in [1.165, 1.54) is 23.7 Å². The maximum absolute atomic E-state index is 11.8. The van der Waals surface area contributed by atoms with E-state index in [0.29, 0.717) is 17.2 Å². The molecule has 2 rings (SSSR count). The van der Waals surface area contributed by atoms with E-state index in [1.807, 2.05) is 13.8 Å². The van der Waals surface area contributed by atoms with Gasteiger partial charge in [0, 0.05) is 11.8 Å². The fraction of sp³-hybridized carbons (Fsp3) is 0.333. The average Bonchev–Trinajstić information content (AvgIpc) is 3.16. The zero-order valence-electron chi connectivity index (χ0n) is 13.3. The van der Waals surface area contributed by atoms with Gasteiger partial charge in [0.1, 0.15) is 0 Å². The lowest BCUT2D eigenvalue weighted by atomic mass is 10.1. The minimum Gasteiger partial charge on any atom is -0.459 e. The van der Waals surface area contributed by atoms with Gasteiger partial charge in [-0.1, -0.05) is 13.8 Å². The van der Waals surface area contributed by atoms with Gasteiger partial charge in [-0.05, 0) is 18.1 Å². The van der Waals surface area contributed by atoms with Crippen molar-refractivity contribution < 1.29 is 18.8 Å². The van der Waals surface area contributed by atoms with Crippen LogP contribution >= 0.6 is 11.3 Å². The number of carbonyl (C=O) groups is 3. The van der Waals surface area contributed by atoms with Gasteiger partial charge in [0.2, 0.25) is 11.8 Å². The van der Waals surface area contributed by atoms with Crippen LogP contribution in [0.1, 0.15) is 36.5 Å². The summed E-state index contributed by atoms with van der Waals surface area (Å²) in [6, 6.07) is 3.15. The Morgan fingerprint density at radius 1 is 1.25 bits per heavy atom. The van der Waals surface area contributed by atoms with Gasteiger partial charge in [-0.3, -0.25) is 30.6 Å². The van der Waals surface area contributed by atoms with Crippen molar-refractivity contribution in [3.8, 4) is 0 Å². The number of nitrogens with one attached hydrogen (secondary N) is 3. The summed E-state index contributed by atoms with van der Waals surface area (Å²) >= 11 is 1.20. The highest BCUT2D eigenvalue weighted by Crippen LogP contribution is 2.17. The minimum absolute atomic E-state index is 0.00488. The number of amides is 3. The van der Waals surface area contributed by atoms with E-state index in [4.69, 9.17) is 4.42 Å². The lowest BCUT2D eigenvalue weighted by Gasteiger charge is -2.07. The number of anilines is 1. The molecule has 3 amide bonds. The molecule has 2 heterocycles. The normalized spacial score (nSPS) is 10.5. The molecular formula is C15H18N4O4S. The Hall–Kier alpha value is -2.68. The predicted molar refractivity (Wildman–Crippen MR) is 88.2 cm³/mol. The second-order valence-corrected chi connectivity index (χ2v) is 6.30. The lowest BCUT2D eigenvalue weighted by Crippen LogP contribution is -2.42. The first-order valence-electron chi connectivity index (χ1n) is 7.31. The van der Waals surface area contributed by atoms with Gasteiger partial charge in [0.25, 0.3) is 5.91 Å². The third kappa shape index (κ3) is 5.51. The van der Waals surface area contributed by atoms with Crippen LogP contribution in [0.3, 0.4) is 0 Å². The van der Waals surface area contributed by atoms with E-state index >= 15 is 0 Å². The summed E-state index contributed by atoms with van der Waals surface area (Å²) in [5.74, 6) is -0.659. The zero-order chi connectivity index (χ0) is 17.5. The van der Waals surface area contributed by atoms with E-state index in [2.05, 4.69) is 21.2 Å². The Kier molecular flexibility index (Phi) is 6.07. The van der Waals surface area contributed by atoms with Gasteiger partial charge in [-0.25, -0.2) is 4.98 Å². The van der Waals surface area contributed by atoms with Gasteiger partial charge in [0.15, 0.2) is 10.9 Å². The molecule has 2 aromatic rings. The topological polar surface area (TPSA) is 113 Å². The molecular weight excluding hydrogens is 332 g/mol. The number of rotatable bonds is 6. The first kappa shape index (κ1) is 17.7. The molecule has 24 heavy (non-hydrogen) atoms. The lowest BCUT2D eigenvalue weighted by molar-refractivity contribution is -0.129. The number of hydrazine groups is 1. The van der Waals surface area contributed by atoms with Gasteiger partial charge < -0.3 is 4.42 Å². The highest BCUT2D eigenvalue weighted by atomic mass is 32.1. The summed E-state index contributed by atoms with van der Waals surface area (Å²) in [6.45, 7) is 3.82. The Morgan fingerprint density at radius 3 is 2.67 bits per heavy atom. The highest BCUT2D eigenvalue weighted by molar-refractivity contribution is 7.14. The number of carbonyl (C=O) groups excluding carboxylic acids is 3. The van der Waals surface area contributed by atoms with Crippen LogP contribution in [0, 0.1) is 5.92 Å². The fourth-order valence-corrected chi connectivity index (χ4v) is 2.49. The molecule has 9 heteroatoms. The molecule has 2 aromatic heterocycles. The molecule has 0 fully saturated rings. The van der Waals surface area contributed by atoms with Crippen molar-refractivity contribution in [1.29, 1.82) is 0 Å². The molecule has 0 atom stereocenters. The van der Waals surface area contributed by atoms with Crippen LogP contribution in [-0.2, 0) is 16.0 Å². The molecule has 0 bridgehead atoms. The van der Waals surface area contributed by atoms with Crippen LogP contribution < -0.4 is 16.2 Å². The van der Waals surface area contributed by atoms with Gasteiger partial charge in [-0.2, -0.15) is 0 Å². The fourth-order valence-electron chi connectivity index (χ4n) is 1.78. The van der Waals surface area contributed by atoms with E-state index in [0.717, 1.165) is 0 Å². The summed E-state index contributed by atoms with van der Waals surface area (Å²) in [5, 5.41) is 4.61. The van der Waals surface area contributed by atoms with Crippen LogP contribution in [-0.4, -0.2) is 22.7 Å². The monoisotopic (exact) mass is 350 g/mol. The van der Waals surface area contributed by atoms with Gasteiger partial charge in [-0.15, -0.1) is 11.3 Å². The molecule has 0 unspecified atom stereocenters. The van der Waals surface area contributed by atoms with Crippen LogP contribution in [0.25, 0.3) is 0 Å². The summed E-state index contributed by atoms with van der Waals surface area (Å²) in [5.41, 5.74) is 5.17. The van der Waals surface area contributed by atoms with Crippen molar-refractivity contribution in [3.63, 3.8) is 0 Å². The van der Waals surface area contributed by atoms with E-state index in [1.54, 1.807) is 11.4 Å². The Bertz CT molecular complexity index is 709. The molecule has 0 aromatic carbocycles. The van der Waals surface area contributed by atoms with Crippen molar-refractivity contribution in [1.82, 2.24) is 15.8 Å². The maximum Gasteiger partial charge on any atom is 0.293 e. The number of aromatic nitrogens is 1. The number of hydrogen-bond acceptors (Lipinski definition) is 6. The van der Waals surface area contributed by atoms with E-state index in [-0.39, 0.29) is 29.9 Å². The molecule has 0 saturated heterocycles. The zero-order valence-corrected chi connectivity index (χ0v) is 14.1. The van der Waals surface area contributed by atoms with E-state index < -0.39 is 5.91 Å². The molecule has 0 aliphatic rings. The van der Waals surface area contributed by atoms with Crippen molar-refractivity contribution in [3.05, 3.63) is 35.2 Å². The van der Waals surface area contributed by atoms with Crippen LogP contribution in [0.2, 0.25) is 0 Å². The summed E-state index contributed by atoms with van der Waals surface area (Å²) in [7, 11) is 0. The number of hydrogen-bond donors (Lipinski definition) is 3. The molecule has 8 nitrogen and oxygen atoms in total. The minimum atomic E-state index is -0.411. The number of thiazole rings is 1. The summed E-state index contributed by atoms with van der Waals surface area (Å²) in [4.78, 5) is 39.2. The highest BCUT2D eigenvalue weighted by Gasteiger charge is 2.13. The maximum atomic E-state index is 11.8. The van der Waals surface area contributed by atoms with Crippen molar-refractivity contribution in [2.24, 2.45) is 5.92 Å². The first-order chi connectivity index (χ1) is 11.4. The average molecular weight is 350 g/mol. The third-order valence-electron chi connectivity index (χ3n) is 2.79. The van der Waals surface area contributed by atoms with Crippen LogP contribution in [0.4, 0.5) is 5.13 Å². The molecule has 128 valence electrons. The number of furan rings is 1. The predicted octanol–water partition coefficient (Wildman–Crippen LogP) is 1.72. The SMILES string of the molecule is CC(C)CC(=O)NNC(=O)Cc1csc(NC(=O)c2ccco2)n1. The first-order valence-corrected chi connectivity index (χ1v) is 8.19. The van der Waals surface area contributed by atoms with Crippen LogP contribution in [0.15, 0.2) is 28.2 Å². The molecule has 0 saturated carbocycles. The second kappa shape index (κ2) is 8.25. The molecule has 3 N–H and O–H groups in total. The Balaban J connectivity index is 1.79. The van der Waals surface area contributed by atoms with Gasteiger partial charge >= 0.3 is 0 Å². The smallest absolute Gasteiger partial charge is 0.293 e. The summed E-state index contributed by atoms with van der Waals surface area (Å²) < 4.78 is 4.98. The largest absolute Gasteiger partial charge is 0.459 e. The molecule has 0 aliphatic heterocycles. The Morgan fingerprint density at radius 2 is 2.00 bits per heavy atom. The van der Waals surface area contributed by atoms with Crippen LogP contribution in [0.5, 0.6) is 0 Å². The standard InChI is InChI=1S/C15H18N4O4S/c1-9(2)6-12(20)18-19-13(21)7-10-8-24-15(16-10)17-14(22)11-4-3-5-23-11/h3-5,8-9H,6-7H2,1-2H3,(H,18,20)(H,19,21)(H,16,17,22). The van der Waals surface area contributed by atoms with Crippen molar-refractivity contribution in [2.75, 3.05) is 5.32 Å².